The van der Waals surface area contributed by atoms with E-state index < -0.39 is 0 Å². The molecule has 3 heterocycles. The lowest BCUT2D eigenvalue weighted by atomic mass is 9.97. The summed E-state index contributed by atoms with van der Waals surface area (Å²) in [7, 11) is 0. The third kappa shape index (κ3) is 2.76. The van der Waals surface area contributed by atoms with E-state index in [2.05, 4.69) is 10.1 Å². The average Bonchev–Trinajstić information content (AvgIpc) is 3.08. The molecule has 0 saturated heterocycles. The van der Waals surface area contributed by atoms with E-state index in [4.69, 9.17) is 8.94 Å². The molecule has 124 valence electrons. The Bertz CT molecular complexity index is 739. The Labute approximate surface area is 134 Å². The molecular formula is C16H21N3O4. The summed E-state index contributed by atoms with van der Waals surface area (Å²) in [5.41, 5.74) is 1.24. The molecule has 0 bridgehead atoms. The summed E-state index contributed by atoms with van der Waals surface area (Å²) < 4.78 is 10.9. The van der Waals surface area contributed by atoms with Crippen molar-refractivity contribution >= 4 is 5.91 Å². The Morgan fingerprint density at radius 2 is 2.13 bits per heavy atom. The minimum Gasteiger partial charge on any atom is -0.445 e. The third-order valence-corrected chi connectivity index (χ3v) is 4.00. The van der Waals surface area contributed by atoms with Crippen LogP contribution in [0.3, 0.4) is 0 Å². The van der Waals surface area contributed by atoms with E-state index >= 15 is 0 Å². The number of nitrogens with zero attached hydrogens (tertiary/aromatic N) is 3. The maximum Gasteiger partial charge on any atom is 0.276 e. The smallest absolute Gasteiger partial charge is 0.276 e. The van der Waals surface area contributed by atoms with Crippen LogP contribution < -0.4 is 0 Å². The maximum absolute atomic E-state index is 12.6. The number of carbonyl (C=O) groups is 1. The summed E-state index contributed by atoms with van der Waals surface area (Å²) in [6, 6.07) is 0. The zero-order valence-corrected chi connectivity index (χ0v) is 13.8. The molecule has 0 aliphatic carbocycles. The summed E-state index contributed by atoms with van der Waals surface area (Å²) in [6.07, 6.45) is 0.620. The summed E-state index contributed by atoms with van der Waals surface area (Å²) >= 11 is 0. The molecule has 3 rings (SSSR count). The molecule has 0 saturated carbocycles. The van der Waals surface area contributed by atoms with Crippen LogP contribution in [0.25, 0.3) is 0 Å². The second-order valence-electron chi connectivity index (χ2n) is 6.84. The lowest BCUT2D eigenvalue weighted by molar-refractivity contribution is 0.0714. The summed E-state index contributed by atoms with van der Waals surface area (Å²) in [5, 5.41) is 13.2. The number of fused-ring (bicyclic) bond motifs is 1. The molecule has 2 aromatic heterocycles. The van der Waals surface area contributed by atoms with Gasteiger partial charge in [-0.15, -0.1) is 0 Å². The van der Waals surface area contributed by atoms with E-state index in [0.717, 1.165) is 11.5 Å². The van der Waals surface area contributed by atoms with Crippen LogP contribution in [0.2, 0.25) is 0 Å². The van der Waals surface area contributed by atoms with Crippen LogP contribution in [0.4, 0.5) is 0 Å². The molecule has 0 atom stereocenters. The fourth-order valence-electron chi connectivity index (χ4n) is 2.59. The Kier molecular flexibility index (Phi) is 3.75. The predicted octanol–water partition coefficient (Wildman–Crippen LogP) is 1.96. The van der Waals surface area contributed by atoms with Crippen LogP contribution in [0.1, 0.15) is 59.9 Å². The number of hydrogen-bond donors (Lipinski definition) is 1. The highest BCUT2D eigenvalue weighted by Crippen LogP contribution is 2.28. The zero-order valence-electron chi connectivity index (χ0n) is 13.8. The standard InChI is InChI=1S/C16H21N3O4/c1-9-10(8-20)13(18-23-9)14(21)19-6-5-12-11(7-19)17-15(22-12)16(2,3)4/h20H,5-8H2,1-4H3. The van der Waals surface area contributed by atoms with Gasteiger partial charge in [-0.25, -0.2) is 4.98 Å². The van der Waals surface area contributed by atoms with Crippen LogP contribution in [0.5, 0.6) is 0 Å². The van der Waals surface area contributed by atoms with Gasteiger partial charge in [0.25, 0.3) is 5.91 Å². The van der Waals surface area contributed by atoms with Crippen molar-refractivity contribution in [2.24, 2.45) is 0 Å². The van der Waals surface area contributed by atoms with Gasteiger partial charge in [0.15, 0.2) is 11.6 Å². The van der Waals surface area contributed by atoms with E-state index in [1.54, 1.807) is 11.8 Å². The first-order chi connectivity index (χ1) is 10.8. The molecule has 7 heteroatoms. The Morgan fingerprint density at radius 3 is 2.78 bits per heavy atom. The highest BCUT2D eigenvalue weighted by atomic mass is 16.5. The van der Waals surface area contributed by atoms with Gasteiger partial charge in [-0.1, -0.05) is 25.9 Å². The van der Waals surface area contributed by atoms with Gasteiger partial charge in [-0.05, 0) is 6.92 Å². The van der Waals surface area contributed by atoms with Crippen LogP contribution in [-0.2, 0) is 25.0 Å². The van der Waals surface area contributed by atoms with Crippen LogP contribution >= 0.6 is 0 Å². The van der Waals surface area contributed by atoms with Crippen molar-refractivity contribution in [3.05, 3.63) is 34.4 Å². The first-order valence-electron chi connectivity index (χ1n) is 7.65. The highest BCUT2D eigenvalue weighted by molar-refractivity contribution is 5.93. The molecule has 0 aromatic carbocycles. The molecular weight excluding hydrogens is 298 g/mol. The Balaban J connectivity index is 1.84. The quantitative estimate of drug-likeness (QED) is 0.909. The van der Waals surface area contributed by atoms with E-state index in [9.17, 15) is 9.90 Å². The van der Waals surface area contributed by atoms with E-state index in [1.807, 2.05) is 20.8 Å². The van der Waals surface area contributed by atoms with Crippen LogP contribution in [-0.4, -0.2) is 32.6 Å². The zero-order chi connectivity index (χ0) is 16.8. The van der Waals surface area contributed by atoms with Gasteiger partial charge >= 0.3 is 0 Å². The fourth-order valence-corrected chi connectivity index (χ4v) is 2.59. The molecule has 0 radical (unpaired) electrons. The fraction of sp³-hybridized carbons (Fsp3) is 0.562. The minimum absolute atomic E-state index is 0.167. The topological polar surface area (TPSA) is 92.6 Å². The number of carbonyl (C=O) groups excluding carboxylic acids is 1. The first kappa shape index (κ1) is 15.7. The summed E-state index contributed by atoms with van der Waals surface area (Å²) in [5.74, 6) is 1.74. The number of aliphatic hydroxyl groups excluding tert-OH is 1. The maximum atomic E-state index is 12.6. The molecule has 23 heavy (non-hydrogen) atoms. The van der Waals surface area contributed by atoms with Crippen LogP contribution in [0.15, 0.2) is 8.94 Å². The molecule has 1 amide bonds. The summed E-state index contributed by atoms with van der Waals surface area (Å²) in [4.78, 5) is 18.8. The van der Waals surface area contributed by atoms with Gasteiger partial charge < -0.3 is 18.9 Å². The molecule has 7 nitrogen and oxygen atoms in total. The lowest BCUT2D eigenvalue weighted by Crippen LogP contribution is -2.36. The number of hydrogen-bond acceptors (Lipinski definition) is 6. The van der Waals surface area contributed by atoms with Gasteiger partial charge in [0, 0.05) is 18.4 Å². The van der Waals surface area contributed by atoms with E-state index in [-0.39, 0.29) is 23.6 Å². The van der Waals surface area contributed by atoms with Gasteiger partial charge in [0.2, 0.25) is 0 Å². The summed E-state index contributed by atoms with van der Waals surface area (Å²) in [6.45, 7) is 8.44. The number of oxazole rings is 1. The predicted molar refractivity (Wildman–Crippen MR) is 80.8 cm³/mol. The molecule has 1 N–H and O–H groups in total. The number of aryl methyl sites for hydroxylation is 1. The monoisotopic (exact) mass is 319 g/mol. The lowest BCUT2D eigenvalue weighted by Gasteiger charge is -2.24. The largest absolute Gasteiger partial charge is 0.445 e. The molecule has 0 fully saturated rings. The molecule has 0 unspecified atom stereocenters. The van der Waals surface area contributed by atoms with Gasteiger partial charge in [0.1, 0.15) is 17.2 Å². The number of aromatic nitrogens is 2. The van der Waals surface area contributed by atoms with Crippen molar-refractivity contribution in [3.8, 4) is 0 Å². The average molecular weight is 319 g/mol. The molecule has 1 aliphatic rings. The van der Waals surface area contributed by atoms with Crippen molar-refractivity contribution < 1.29 is 18.8 Å². The van der Waals surface area contributed by atoms with Crippen molar-refractivity contribution in [2.75, 3.05) is 6.54 Å². The van der Waals surface area contributed by atoms with Gasteiger partial charge in [-0.2, -0.15) is 0 Å². The second kappa shape index (κ2) is 5.49. The van der Waals surface area contributed by atoms with Crippen molar-refractivity contribution in [1.29, 1.82) is 0 Å². The third-order valence-electron chi connectivity index (χ3n) is 4.00. The van der Waals surface area contributed by atoms with Crippen molar-refractivity contribution in [3.63, 3.8) is 0 Å². The number of aliphatic hydroxyl groups is 1. The van der Waals surface area contributed by atoms with Crippen molar-refractivity contribution in [2.45, 2.75) is 52.7 Å². The van der Waals surface area contributed by atoms with E-state index in [0.29, 0.717) is 36.7 Å². The number of rotatable bonds is 2. The van der Waals surface area contributed by atoms with Crippen LogP contribution in [0, 0.1) is 6.92 Å². The first-order valence-corrected chi connectivity index (χ1v) is 7.65. The Morgan fingerprint density at radius 1 is 1.39 bits per heavy atom. The highest BCUT2D eigenvalue weighted by Gasteiger charge is 2.31. The molecule has 2 aromatic rings. The number of amides is 1. The normalized spacial score (nSPS) is 14.9. The Hall–Kier alpha value is -2.15. The molecule has 0 spiro atoms. The molecule has 1 aliphatic heterocycles. The second-order valence-corrected chi connectivity index (χ2v) is 6.84. The van der Waals surface area contributed by atoms with Crippen molar-refractivity contribution in [1.82, 2.24) is 15.0 Å². The SMILES string of the molecule is Cc1onc(C(=O)N2CCc3oc(C(C)(C)C)nc3C2)c1CO. The van der Waals surface area contributed by atoms with Gasteiger partial charge in [-0.3, -0.25) is 4.79 Å². The van der Waals surface area contributed by atoms with E-state index in [1.165, 1.54) is 0 Å². The minimum atomic E-state index is -0.270. The van der Waals surface area contributed by atoms with Gasteiger partial charge in [0.05, 0.1) is 18.7 Å².